The van der Waals surface area contributed by atoms with Crippen molar-refractivity contribution in [2.45, 2.75) is 64.1 Å². The molecule has 4 N–H and O–H groups in total. The standard InChI is InChI=1S/C17H24ClFN4O3/c1-17(2,3)23-16(25)26-10-6-4-9(5-7-10)21-15-12(19)8-11(14(20)24)13(18)22-15/h8-10H,4-7H2,1-3H3,(H2,20,24)(H,21,22)(H,23,25). The van der Waals surface area contributed by atoms with Gasteiger partial charge in [0.15, 0.2) is 11.6 Å². The number of alkyl carbamates (subject to hydrolysis) is 1. The van der Waals surface area contributed by atoms with Gasteiger partial charge in [-0.05, 0) is 52.5 Å². The Morgan fingerprint density at radius 2 is 1.92 bits per heavy atom. The lowest BCUT2D eigenvalue weighted by molar-refractivity contribution is 0.0681. The molecule has 7 nitrogen and oxygen atoms in total. The Bertz CT molecular complexity index is 685. The van der Waals surface area contributed by atoms with Crippen molar-refractivity contribution in [1.29, 1.82) is 0 Å². The van der Waals surface area contributed by atoms with Gasteiger partial charge < -0.3 is 21.1 Å². The molecule has 1 aromatic rings. The van der Waals surface area contributed by atoms with Gasteiger partial charge in [0.05, 0.1) is 5.56 Å². The van der Waals surface area contributed by atoms with Crippen LogP contribution >= 0.6 is 11.6 Å². The van der Waals surface area contributed by atoms with E-state index in [-0.39, 0.29) is 34.2 Å². The van der Waals surface area contributed by atoms with Crippen molar-refractivity contribution in [3.8, 4) is 0 Å². The van der Waals surface area contributed by atoms with E-state index in [0.29, 0.717) is 25.7 Å². The second-order valence-electron chi connectivity index (χ2n) is 7.42. The number of amides is 2. The number of hydrogen-bond donors (Lipinski definition) is 3. The number of rotatable bonds is 4. The van der Waals surface area contributed by atoms with Gasteiger partial charge in [-0.15, -0.1) is 0 Å². The van der Waals surface area contributed by atoms with Crippen molar-refractivity contribution in [2.75, 3.05) is 5.32 Å². The third-order valence-corrected chi connectivity index (χ3v) is 4.25. The number of hydrogen-bond acceptors (Lipinski definition) is 5. The van der Waals surface area contributed by atoms with Crippen LogP contribution < -0.4 is 16.4 Å². The third-order valence-electron chi connectivity index (χ3n) is 3.96. The maximum absolute atomic E-state index is 14.1. The fourth-order valence-corrected chi connectivity index (χ4v) is 2.98. The number of pyridine rings is 1. The Morgan fingerprint density at radius 1 is 1.31 bits per heavy atom. The van der Waals surface area contributed by atoms with Crippen LogP contribution in [0.2, 0.25) is 5.15 Å². The van der Waals surface area contributed by atoms with E-state index in [4.69, 9.17) is 22.1 Å². The van der Waals surface area contributed by atoms with Gasteiger partial charge in [0.25, 0.3) is 5.91 Å². The van der Waals surface area contributed by atoms with Gasteiger partial charge in [-0.3, -0.25) is 4.79 Å². The molecule has 0 aromatic carbocycles. The first kappa shape index (κ1) is 20.2. The summed E-state index contributed by atoms with van der Waals surface area (Å²) in [6.07, 6.45) is 2.08. The molecule has 0 saturated heterocycles. The molecule has 1 aromatic heterocycles. The second kappa shape index (κ2) is 8.07. The molecule has 144 valence electrons. The molecular formula is C17H24ClFN4O3. The Balaban J connectivity index is 1.88. The molecule has 0 atom stereocenters. The molecule has 2 amide bonds. The third kappa shape index (κ3) is 5.72. The van der Waals surface area contributed by atoms with Crippen LogP contribution in [-0.4, -0.2) is 34.7 Å². The monoisotopic (exact) mass is 386 g/mol. The SMILES string of the molecule is CC(C)(C)NC(=O)OC1CCC(Nc2nc(Cl)c(C(N)=O)cc2F)CC1. The van der Waals surface area contributed by atoms with Crippen LogP contribution in [0.4, 0.5) is 15.0 Å². The number of halogens is 2. The summed E-state index contributed by atoms with van der Waals surface area (Å²) >= 11 is 5.86. The minimum absolute atomic E-state index is 0.0187. The first-order valence-corrected chi connectivity index (χ1v) is 8.84. The smallest absolute Gasteiger partial charge is 0.407 e. The van der Waals surface area contributed by atoms with Gasteiger partial charge in [0.2, 0.25) is 0 Å². The van der Waals surface area contributed by atoms with E-state index in [1.54, 1.807) is 0 Å². The van der Waals surface area contributed by atoms with Crippen LogP contribution in [0.3, 0.4) is 0 Å². The highest BCUT2D eigenvalue weighted by atomic mass is 35.5. The summed E-state index contributed by atoms with van der Waals surface area (Å²) < 4.78 is 19.5. The predicted molar refractivity (Wildman–Crippen MR) is 96.8 cm³/mol. The highest BCUT2D eigenvalue weighted by Gasteiger charge is 2.26. The molecule has 2 rings (SSSR count). The van der Waals surface area contributed by atoms with Gasteiger partial charge in [-0.1, -0.05) is 11.6 Å². The van der Waals surface area contributed by atoms with E-state index in [1.165, 1.54) is 0 Å². The van der Waals surface area contributed by atoms with Crippen molar-refractivity contribution >= 4 is 29.4 Å². The average molecular weight is 387 g/mol. The van der Waals surface area contributed by atoms with Crippen molar-refractivity contribution in [3.63, 3.8) is 0 Å². The minimum atomic E-state index is -0.834. The zero-order valence-corrected chi connectivity index (χ0v) is 15.8. The van der Waals surface area contributed by atoms with Crippen LogP contribution in [0.5, 0.6) is 0 Å². The summed E-state index contributed by atoms with van der Waals surface area (Å²) in [5.74, 6) is -1.54. The first-order valence-electron chi connectivity index (χ1n) is 8.46. The topological polar surface area (TPSA) is 106 Å². The molecule has 0 bridgehead atoms. The van der Waals surface area contributed by atoms with E-state index >= 15 is 0 Å². The lowest BCUT2D eigenvalue weighted by Crippen LogP contribution is -2.43. The zero-order valence-electron chi connectivity index (χ0n) is 15.1. The maximum atomic E-state index is 14.1. The van der Waals surface area contributed by atoms with Gasteiger partial charge in [-0.25, -0.2) is 14.2 Å². The Hall–Kier alpha value is -2.09. The molecule has 0 unspecified atom stereocenters. The van der Waals surface area contributed by atoms with Gasteiger partial charge in [0.1, 0.15) is 11.3 Å². The van der Waals surface area contributed by atoms with E-state index in [1.807, 2.05) is 20.8 Å². The molecule has 1 aliphatic carbocycles. The van der Waals surface area contributed by atoms with Crippen molar-refractivity contribution in [3.05, 3.63) is 22.6 Å². The molecule has 1 heterocycles. The maximum Gasteiger partial charge on any atom is 0.407 e. The van der Waals surface area contributed by atoms with Crippen molar-refractivity contribution < 1.29 is 18.7 Å². The van der Waals surface area contributed by atoms with Crippen LogP contribution in [0.25, 0.3) is 0 Å². The van der Waals surface area contributed by atoms with Gasteiger partial charge in [-0.2, -0.15) is 0 Å². The number of primary amides is 1. The van der Waals surface area contributed by atoms with Crippen LogP contribution in [0.1, 0.15) is 56.8 Å². The number of carbonyl (C=O) groups is 2. The molecule has 26 heavy (non-hydrogen) atoms. The number of nitrogens with one attached hydrogen (secondary N) is 2. The second-order valence-corrected chi connectivity index (χ2v) is 7.78. The van der Waals surface area contributed by atoms with E-state index in [0.717, 1.165) is 6.07 Å². The summed E-state index contributed by atoms with van der Waals surface area (Å²) in [6, 6.07) is 0.948. The van der Waals surface area contributed by atoms with Crippen molar-refractivity contribution in [2.24, 2.45) is 5.73 Å². The Kier molecular flexibility index (Phi) is 6.28. The molecule has 9 heteroatoms. The summed E-state index contributed by atoms with van der Waals surface area (Å²) in [4.78, 5) is 26.8. The number of anilines is 1. The number of aromatic nitrogens is 1. The Morgan fingerprint density at radius 3 is 2.46 bits per heavy atom. The molecular weight excluding hydrogens is 363 g/mol. The number of carbonyl (C=O) groups excluding carboxylic acids is 2. The zero-order chi connectivity index (χ0) is 19.5. The molecule has 0 spiro atoms. The first-order chi connectivity index (χ1) is 12.0. The van der Waals surface area contributed by atoms with E-state index in [2.05, 4.69) is 15.6 Å². The fourth-order valence-electron chi connectivity index (χ4n) is 2.75. The van der Waals surface area contributed by atoms with E-state index < -0.39 is 17.8 Å². The fraction of sp³-hybridized carbons (Fsp3) is 0.588. The van der Waals surface area contributed by atoms with E-state index in [9.17, 15) is 14.0 Å². The predicted octanol–water partition coefficient (Wildman–Crippen LogP) is 3.22. The minimum Gasteiger partial charge on any atom is -0.446 e. The van der Waals surface area contributed by atoms with Crippen LogP contribution in [0.15, 0.2) is 6.07 Å². The lowest BCUT2D eigenvalue weighted by Gasteiger charge is -2.30. The average Bonchev–Trinajstić information content (AvgIpc) is 2.50. The molecule has 0 radical (unpaired) electrons. The molecule has 1 saturated carbocycles. The lowest BCUT2D eigenvalue weighted by atomic mass is 9.93. The number of ether oxygens (including phenoxy) is 1. The van der Waals surface area contributed by atoms with Crippen molar-refractivity contribution in [1.82, 2.24) is 10.3 Å². The van der Waals surface area contributed by atoms with Gasteiger partial charge in [0, 0.05) is 11.6 Å². The number of nitrogens with two attached hydrogens (primary N) is 1. The molecule has 1 fully saturated rings. The highest BCUT2D eigenvalue weighted by Crippen LogP contribution is 2.26. The van der Waals surface area contributed by atoms with Crippen LogP contribution in [0, 0.1) is 5.82 Å². The quantitative estimate of drug-likeness (QED) is 0.689. The summed E-state index contributed by atoms with van der Waals surface area (Å²) in [6.45, 7) is 5.64. The Labute approximate surface area is 156 Å². The van der Waals surface area contributed by atoms with Gasteiger partial charge >= 0.3 is 6.09 Å². The summed E-state index contributed by atoms with van der Waals surface area (Å²) in [7, 11) is 0. The molecule has 1 aliphatic rings. The van der Waals surface area contributed by atoms with Crippen LogP contribution in [-0.2, 0) is 4.74 Å². The normalized spacial score (nSPS) is 20.3. The summed E-state index contributed by atoms with van der Waals surface area (Å²) in [5, 5.41) is 5.60. The largest absolute Gasteiger partial charge is 0.446 e. The number of nitrogens with zero attached hydrogens (tertiary/aromatic N) is 1. The molecule has 0 aliphatic heterocycles. The summed E-state index contributed by atoms with van der Waals surface area (Å²) in [5.41, 5.74) is 4.61. The highest BCUT2D eigenvalue weighted by molar-refractivity contribution is 6.32.